The van der Waals surface area contributed by atoms with Crippen LogP contribution in [0.4, 0.5) is 0 Å². The first kappa shape index (κ1) is 5.16. The summed E-state index contributed by atoms with van der Waals surface area (Å²) < 4.78 is 1.19. The molecule has 2 aromatic rings. The highest BCUT2D eigenvalue weighted by molar-refractivity contribution is 5.30. The molecule has 5 heteroatoms. The number of fused-ring (bicyclic) bond motifs is 1. The van der Waals surface area contributed by atoms with Crippen LogP contribution in [0.5, 0.6) is 0 Å². The minimum atomic E-state index is -0.175. The van der Waals surface area contributed by atoms with Gasteiger partial charge in [-0.2, -0.15) is 4.52 Å². The number of nitrogens with one attached hydrogen (secondary N) is 1. The van der Waals surface area contributed by atoms with E-state index in [2.05, 4.69) is 15.3 Å². The van der Waals surface area contributed by atoms with Crippen molar-refractivity contribution in [1.29, 1.82) is 0 Å². The van der Waals surface area contributed by atoms with Crippen molar-refractivity contribution in [3.05, 3.63) is 28.8 Å². The highest BCUT2D eigenvalue weighted by atomic mass is 16.1. The lowest BCUT2D eigenvalue weighted by molar-refractivity contribution is 0.820. The summed E-state index contributed by atoms with van der Waals surface area (Å²) in [6, 6.07) is 1.39. The highest BCUT2D eigenvalue weighted by Crippen LogP contribution is 1.85. The third kappa shape index (κ3) is 0.540. The van der Waals surface area contributed by atoms with Crippen LogP contribution in [0, 0.1) is 0 Å². The molecule has 0 aliphatic carbocycles. The molecule has 0 amide bonds. The van der Waals surface area contributed by atoms with Crippen LogP contribution in [0.15, 0.2) is 23.3 Å². The zero-order valence-corrected chi connectivity index (χ0v) is 4.98. The molecule has 0 aromatic carbocycles. The molecule has 5 nitrogen and oxygen atoms in total. The molecule has 0 aliphatic rings. The second-order valence-corrected chi connectivity index (χ2v) is 1.85. The molecular formula is C5H4N4O. The van der Waals surface area contributed by atoms with Crippen LogP contribution >= 0.6 is 0 Å². The molecule has 0 atom stereocenters. The van der Waals surface area contributed by atoms with Gasteiger partial charge in [0.1, 0.15) is 0 Å². The Hall–Kier alpha value is -1.65. The predicted molar refractivity (Wildman–Crippen MR) is 33.6 cm³/mol. The molecule has 2 aromatic heterocycles. The van der Waals surface area contributed by atoms with Crippen LogP contribution in [0.25, 0.3) is 5.65 Å². The Morgan fingerprint density at radius 1 is 1.60 bits per heavy atom. The van der Waals surface area contributed by atoms with Crippen molar-refractivity contribution in [1.82, 2.24) is 19.8 Å². The van der Waals surface area contributed by atoms with E-state index in [1.165, 1.54) is 16.8 Å². The zero-order valence-electron chi connectivity index (χ0n) is 4.98. The molecule has 0 fully saturated rings. The summed E-state index contributed by atoms with van der Waals surface area (Å²) in [5, 5.41) is 7.08. The van der Waals surface area contributed by atoms with Crippen molar-refractivity contribution in [2.24, 2.45) is 0 Å². The normalized spacial score (nSPS) is 10.4. The molecule has 0 unspecified atom stereocenters. The van der Waals surface area contributed by atoms with Gasteiger partial charge in [0.25, 0.3) is 5.56 Å². The molecule has 2 heterocycles. The van der Waals surface area contributed by atoms with Crippen LogP contribution in [-0.2, 0) is 0 Å². The fourth-order valence-electron chi connectivity index (χ4n) is 0.765. The molecule has 0 saturated heterocycles. The van der Waals surface area contributed by atoms with E-state index in [9.17, 15) is 4.79 Å². The van der Waals surface area contributed by atoms with E-state index in [4.69, 9.17) is 0 Å². The van der Waals surface area contributed by atoms with Gasteiger partial charge >= 0.3 is 0 Å². The van der Waals surface area contributed by atoms with E-state index in [0.29, 0.717) is 5.65 Å². The Balaban J connectivity index is 3.09. The van der Waals surface area contributed by atoms with E-state index >= 15 is 0 Å². The third-order valence-electron chi connectivity index (χ3n) is 1.22. The van der Waals surface area contributed by atoms with Gasteiger partial charge in [0.05, 0.1) is 6.20 Å². The van der Waals surface area contributed by atoms with Crippen LogP contribution in [0.2, 0.25) is 0 Å². The van der Waals surface area contributed by atoms with Crippen LogP contribution in [0.3, 0.4) is 0 Å². The molecule has 50 valence electrons. The van der Waals surface area contributed by atoms with Gasteiger partial charge in [-0.3, -0.25) is 4.79 Å². The minimum absolute atomic E-state index is 0.175. The van der Waals surface area contributed by atoms with Crippen molar-refractivity contribution in [3.63, 3.8) is 0 Å². The van der Waals surface area contributed by atoms with Gasteiger partial charge < -0.3 is 4.98 Å². The first-order valence-corrected chi connectivity index (χ1v) is 2.76. The number of hydrogen-bond donors (Lipinski definition) is 1. The number of aromatic nitrogens is 4. The van der Waals surface area contributed by atoms with Gasteiger partial charge in [-0.05, 0) is 0 Å². The molecule has 1 N–H and O–H groups in total. The molecule has 2 rings (SSSR count). The fraction of sp³-hybridized carbons (Fsp3) is 0. The second kappa shape index (κ2) is 1.66. The van der Waals surface area contributed by atoms with Crippen LogP contribution in [0.1, 0.15) is 0 Å². The maximum atomic E-state index is 10.9. The van der Waals surface area contributed by atoms with E-state index in [1.807, 2.05) is 0 Å². The molecule has 0 radical (unpaired) electrons. The maximum Gasteiger partial charge on any atom is 0.275 e. The number of aromatic amines is 1. The number of H-pyrrole nitrogens is 1. The zero-order chi connectivity index (χ0) is 6.97. The second-order valence-electron chi connectivity index (χ2n) is 1.85. The third-order valence-corrected chi connectivity index (χ3v) is 1.22. The van der Waals surface area contributed by atoms with Gasteiger partial charge in [-0.1, -0.05) is 5.21 Å². The van der Waals surface area contributed by atoms with Gasteiger partial charge in [0.2, 0.25) is 0 Å². The first-order valence-electron chi connectivity index (χ1n) is 2.76. The van der Waals surface area contributed by atoms with E-state index in [-0.39, 0.29) is 5.56 Å². The smallest absolute Gasteiger partial charge is 0.275 e. The average molecular weight is 136 g/mol. The first-order chi connectivity index (χ1) is 4.88. The SMILES string of the molecule is O=c1cc[nH]c2cnnn12. The Labute approximate surface area is 55.3 Å². The summed E-state index contributed by atoms with van der Waals surface area (Å²) in [4.78, 5) is 13.7. The predicted octanol–water partition coefficient (Wildman–Crippen LogP) is -0.582. The number of rotatable bonds is 0. The monoisotopic (exact) mass is 136 g/mol. The summed E-state index contributed by atoms with van der Waals surface area (Å²) >= 11 is 0. The molecule has 0 spiro atoms. The van der Waals surface area contributed by atoms with Crippen molar-refractivity contribution < 1.29 is 0 Å². The van der Waals surface area contributed by atoms with Crippen LogP contribution < -0.4 is 5.56 Å². The Morgan fingerprint density at radius 3 is 3.30 bits per heavy atom. The lowest BCUT2D eigenvalue weighted by atomic mass is 10.6. The number of hydrogen-bond acceptors (Lipinski definition) is 3. The van der Waals surface area contributed by atoms with Crippen molar-refractivity contribution in [2.75, 3.05) is 0 Å². The molecular weight excluding hydrogens is 132 g/mol. The summed E-state index contributed by atoms with van der Waals surface area (Å²) in [6.07, 6.45) is 3.04. The summed E-state index contributed by atoms with van der Waals surface area (Å²) in [5.74, 6) is 0. The number of nitrogens with zero attached hydrogens (tertiary/aromatic N) is 3. The minimum Gasteiger partial charge on any atom is -0.345 e. The van der Waals surface area contributed by atoms with E-state index in [1.54, 1.807) is 6.20 Å². The average Bonchev–Trinajstić information content (AvgIpc) is 2.36. The Bertz CT molecular complexity index is 401. The molecule has 0 aliphatic heterocycles. The maximum absolute atomic E-state index is 10.9. The Kier molecular flexibility index (Phi) is 0.858. The lowest BCUT2D eigenvalue weighted by Gasteiger charge is -1.85. The van der Waals surface area contributed by atoms with E-state index in [0.717, 1.165) is 0 Å². The highest BCUT2D eigenvalue weighted by Gasteiger charge is 1.94. The van der Waals surface area contributed by atoms with E-state index < -0.39 is 0 Å². The summed E-state index contributed by atoms with van der Waals surface area (Å²) in [6.45, 7) is 0. The lowest BCUT2D eigenvalue weighted by Crippen LogP contribution is -2.12. The Morgan fingerprint density at radius 2 is 2.50 bits per heavy atom. The van der Waals surface area contributed by atoms with Gasteiger partial charge in [0, 0.05) is 12.3 Å². The largest absolute Gasteiger partial charge is 0.345 e. The standard InChI is InChI=1S/C5H4N4O/c10-5-1-2-6-4-3-7-8-9(4)5/h1-3,6H. The summed E-state index contributed by atoms with van der Waals surface area (Å²) in [5.41, 5.74) is 0.429. The molecule has 0 bridgehead atoms. The van der Waals surface area contributed by atoms with Crippen molar-refractivity contribution in [3.8, 4) is 0 Å². The van der Waals surface area contributed by atoms with Crippen molar-refractivity contribution in [2.45, 2.75) is 0 Å². The van der Waals surface area contributed by atoms with Crippen molar-refractivity contribution >= 4 is 5.65 Å². The molecule has 0 saturated carbocycles. The quantitative estimate of drug-likeness (QED) is 0.526. The van der Waals surface area contributed by atoms with Gasteiger partial charge in [-0.25, -0.2) is 0 Å². The van der Waals surface area contributed by atoms with Crippen LogP contribution in [-0.4, -0.2) is 19.8 Å². The molecule has 10 heavy (non-hydrogen) atoms. The summed E-state index contributed by atoms with van der Waals surface area (Å²) in [7, 11) is 0. The van der Waals surface area contributed by atoms with Gasteiger partial charge in [-0.15, -0.1) is 5.10 Å². The topological polar surface area (TPSA) is 63.0 Å². The van der Waals surface area contributed by atoms with Gasteiger partial charge in [0.15, 0.2) is 5.65 Å². The fourth-order valence-corrected chi connectivity index (χ4v) is 0.765.